The summed E-state index contributed by atoms with van der Waals surface area (Å²) in [6, 6.07) is 7.96. The molecule has 0 spiro atoms. The molecule has 0 aliphatic heterocycles. The van der Waals surface area contributed by atoms with E-state index in [0.717, 1.165) is 29.9 Å². The van der Waals surface area contributed by atoms with Gasteiger partial charge in [-0.2, -0.15) is 0 Å². The Bertz CT molecular complexity index is 613. The van der Waals surface area contributed by atoms with Crippen LogP contribution in [0, 0.1) is 0 Å². The summed E-state index contributed by atoms with van der Waals surface area (Å²) in [7, 11) is 1.87. The molecule has 1 aromatic carbocycles. The van der Waals surface area contributed by atoms with E-state index in [1.165, 1.54) is 0 Å². The minimum absolute atomic E-state index is 0.127. The van der Waals surface area contributed by atoms with Crippen LogP contribution in [0.1, 0.15) is 12.8 Å². The van der Waals surface area contributed by atoms with Crippen molar-refractivity contribution in [1.82, 2.24) is 14.5 Å². The van der Waals surface area contributed by atoms with E-state index in [2.05, 4.69) is 4.98 Å². The fourth-order valence-corrected chi connectivity index (χ4v) is 2.25. The van der Waals surface area contributed by atoms with E-state index in [9.17, 15) is 4.79 Å². The van der Waals surface area contributed by atoms with Crippen molar-refractivity contribution in [3.8, 4) is 11.4 Å². The van der Waals surface area contributed by atoms with E-state index in [1.54, 1.807) is 6.20 Å². The van der Waals surface area contributed by atoms with Crippen molar-refractivity contribution < 1.29 is 4.79 Å². The predicted molar refractivity (Wildman–Crippen MR) is 77.9 cm³/mol. The quantitative estimate of drug-likeness (QED) is 0.861. The van der Waals surface area contributed by atoms with Crippen LogP contribution in [0.5, 0.6) is 0 Å². The van der Waals surface area contributed by atoms with Gasteiger partial charge >= 0.3 is 0 Å². The van der Waals surface area contributed by atoms with Gasteiger partial charge in [-0.3, -0.25) is 4.79 Å². The second kappa shape index (κ2) is 5.00. The van der Waals surface area contributed by atoms with Crippen LogP contribution in [-0.2, 0) is 11.3 Å². The number of carbonyl (C=O) groups is 1. The second-order valence-corrected chi connectivity index (χ2v) is 5.24. The minimum Gasteiger partial charge on any atom is -0.399 e. The predicted octanol–water partition coefficient (Wildman–Crippen LogP) is 1.75. The van der Waals surface area contributed by atoms with Crippen LogP contribution in [0.4, 0.5) is 5.69 Å². The third-order valence-corrected chi connectivity index (χ3v) is 3.68. The molecular formula is C15H18N4O. The zero-order valence-electron chi connectivity index (χ0n) is 11.5. The van der Waals surface area contributed by atoms with Crippen molar-refractivity contribution >= 4 is 11.6 Å². The lowest BCUT2D eigenvalue weighted by Crippen LogP contribution is -2.32. The molecule has 1 fully saturated rings. The van der Waals surface area contributed by atoms with E-state index >= 15 is 0 Å². The van der Waals surface area contributed by atoms with Gasteiger partial charge in [-0.15, -0.1) is 0 Å². The van der Waals surface area contributed by atoms with Gasteiger partial charge in [-0.25, -0.2) is 4.98 Å². The van der Waals surface area contributed by atoms with E-state index in [1.807, 2.05) is 47.0 Å². The topological polar surface area (TPSA) is 64.2 Å². The summed E-state index contributed by atoms with van der Waals surface area (Å²) in [5, 5.41) is 0. The molecule has 0 atom stereocenters. The molecule has 0 saturated heterocycles. The number of amides is 1. The van der Waals surface area contributed by atoms with Gasteiger partial charge in [0.25, 0.3) is 0 Å². The molecule has 2 aromatic rings. The average molecular weight is 270 g/mol. The number of benzene rings is 1. The number of nitrogens with zero attached hydrogens (tertiary/aromatic N) is 3. The number of anilines is 1. The maximum atomic E-state index is 12.2. The molecular weight excluding hydrogens is 252 g/mol. The number of nitrogens with two attached hydrogens (primary N) is 1. The van der Waals surface area contributed by atoms with Gasteiger partial charge < -0.3 is 15.2 Å². The van der Waals surface area contributed by atoms with Crippen molar-refractivity contribution in [1.29, 1.82) is 0 Å². The lowest BCUT2D eigenvalue weighted by Gasteiger charge is -2.17. The molecule has 5 nitrogen and oxygen atoms in total. The molecule has 0 bridgehead atoms. The number of likely N-dealkylation sites (N-methyl/N-ethyl adjacent to an activating group) is 1. The van der Waals surface area contributed by atoms with Crippen LogP contribution in [0.3, 0.4) is 0 Å². The van der Waals surface area contributed by atoms with E-state index < -0.39 is 0 Å². The molecule has 2 N–H and O–H groups in total. The first-order chi connectivity index (χ1) is 9.65. The standard InChI is InChI=1S/C15H18N4O/c1-18(13-6-7-13)14(20)10-19-9-8-17-15(19)11-2-4-12(16)5-3-11/h2-5,8-9,13H,6-7,10,16H2,1H3. The number of imidazole rings is 1. The number of rotatable bonds is 4. The number of nitrogen functional groups attached to an aromatic ring is 1. The summed E-state index contributed by atoms with van der Waals surface area (Å²) in [4.78, 5) is 18.4. The fraction of sp³-hybridized carbons (Fsp3) is 0.333. The van der Waals surface area contributed by atoms with Gasteiger partial charge in [0, 0.05) is 36.7 Å². The Balaban J connectivity index is 1.79. The highest BCUT2D eigenvalue weighted by molar-refractivity contribution is 5.77. The van der Waals surface area contributed by atoms with Crippen molar-refractivity contribution in [3.63, 3.8) is 0 Å². The Hall–Kier alpha value is -2.30. The highest BCUT2D eigenvalue weighted by Gasteiger charge is 2.29. The van der Waals surface area contributed by atoms with Crippen molar-refractivity contribution in [2.45, 2.75) is 25.4 Å². The monoisotopic (exact) mass is 270 g/mol. The average Bonchev–Trinajstić information content (AvgIpc) is 3.20. The number of carbonyl (C=O) groups excluding carboxylic acids is 1. The van der Waals surface area contributed by atoms with Crippen molar-refractivity contribution in [2.75, 3.05) is 12.8 Å². The van der Waals surface area contributed by atoms with Crippen molar-refractivity contribution in [2.24, 2.45) is 0 Å². The molecule has 0 unspecified atom stereocenters. The van der Waals surface area contributed by atoms with Crippen molar-refractivity contribution in [3.05, 3.63) is 36.7 Å². The van der Waals surface area contributed by atoms with E-state index in [4.69, 9.17) is 5.73 Å². The van der Waals surface area contributed by atoms with Gasteiger partial charge in [0.05, 0.1) is 0 Å². The van der Waals surface area contributed by atoms with Crippen LogP contribution in [-0.4, -0.2) is 33.4 Å². The van der Waals surface area contributed by atoms with Crippen LogP contribution in [0.2, 0.25) is 0 Å². The van der Waals surface area contributed by atoms with Crippen LogP contribution < -0.4 is 5.73 Å². The molecule has 1 aliphatic carbocycles. The van der Waals surface area contributed by atoms with Gasteiger partial charge in [0.2, 0.25) is 5.91 Å². The van der Waals surface area contributed by atoms with Gasteiger partial charge in [-0.05, 0) is 37.1 Å². The SMILES string of the molecule is CN(C(=O)Cn1ccnc1-c1ccc(N)cc1)C1CC1. The molecule has 1 aromatic heterocycles. The summed E-state index contributed by atoms with van der Waals surface area (Å²) in [5.41, 5.74) is 7.37. The third kappa shape index (κ3) is 2.52. The Labute approximate surface area is 118 Å². The summed E-state index contributed by atoms with van der Waals surface area (Å²) in [5.74, 6) is 0.921. The number of hydrogen-bond donors (Lipinski definition) is 1. The zero-order valence-corrected chi connectivity index (χ0v) is 11.5. The first kappa shape index (κ1) is 12.7. The Morgan fingerprint density at radius 1 is 1.40 bits per heavy atom. The zero-order chi connectivity index (χ0) is 14.1. The van der Waals surface area contributed by atoms with Gasteiger partial charge in [-0.1, -0.05) is 0 Å². The van der Waals surface area contributed by atoms with Gasteiger partial charge in [0.15, 0.2) is 0 Å². The Morgan fingerprint density at radius 3 is 2.75 bits per heavy atom. The molecule has 1 aliphatic rings. The van der Waals surface area contributed by atoms with Crippen LogP contribution in [0.25, 0.3) is 11.4 Å². The normalized spacial score (nSPS) is 14.2. The molecule has 3 rings (SSSR count). The Morgan fingerprint density at radius 2 is 2.10 bits per heavy atom. The smallest absolute Gasteiger partial charge is 0.242 e. The molecule has 1 amide bonds. The maximum Gasteiger partial charge on any atom is 0.242 e. The van der Waals surface area contributed by atoms with E-state index in [-0.39, 0.29) is 5.91 Å². The third-order valence-electron chi connectivity index (χ3n) is 3.68. The summed E-state index contributed by atoms with van der Waals surface area (Å²) in [6.07, 6.45) is 5.80. The Kier molecular flexibility index (Phi) is 3.18. The first-order valence-electron chi connectivity index (χ1n) is 6.78. The number of aromatic nitrogens is 2. The molecule has 104 valence electrons. The van der Waals surface area contributed by atoms with Crippen LogP contribution in [0.15, 0.2) is 36.7 Å². The molecule has 5 heteroatoms. The highest BCUT2D eigenvalue weighted by atomic mass is 16.2. The lowest BCUT2D eigenvalue weighted by atomic mass is 10.2. The molecule has 0 radical (unpaired) electrons. The minimum atomic E-state index is 0.127. The molecule has 20 heavy (non-hydrogen) atoms. The summed E-state index contributed by atoms with van der Waals surface area (Å²) >= 11 is 0. The lowest BCUT2D eigenvalue weighted by molar-refractivity contribution is -0.131. The highest BCUT2D eigenvalue weighted by Crippen LogP contribution is 2.26. The molecule has 1 heterocycles. The molecule has 1 saturated carbocycles. The maximum absolute atomic E-state index is 12.2. The fourth-order valence-electron chi connectivity index (χ4n) is 2.25. The van der Waals surface area contributed by atoms with Crippen LogP contribution >= 0.6 is 0 Å². The first-order valence-corrected chi connectivity index (χ1v) is 6.78. The second-order valence-electron chi connectivity index (χ2n) is 5.24. The largest absolute Gasteiger partial charge is 0.399 e. The summed E-state index contributed by atoms with van der Waals surface area (Å²) in [6.45, 7) is 0.326. The van der Waals surface area contributed by atoms with Gasteiger partial charge in [0.1, 0.15) is 12.4 Å². The van der Waals surface area contributed by atoms with E-state index in [0.29, 0.717) is 12.6 Å². The summed E-state index contributed by atoms with van der Waals surface area (Å²) < 4.78 is 1.88. The number of hydrogen-bond acceptors (Lipinski definition) is 3.